The molecule has 0 aliphatic carbocycles. The first-order valence-electron chi connectivity index (χ1n) is 9.39. The molecule has 2 aromatic heterocycles. The third-order valence-corrected chi connectivity index (χ3v) is 6.15. The molecule has 1 saturated heterocycles. The van der Waals surface area contributed by atoms with E-state index in [-0.39, 0.29) is 11.7 Å². The monoisotopic (exact) mass is 434 g/mol. The zero-order valence-corrected chi connectivity index (χ0v) is 17.3. The Morgan fingerprint density at radius 3 is 2.76 bits per heavy atom. The van der Waals surface area contributed by atoms with E-state index in [1.165, 1.54) is 6.07 Å². The number of amides is 1. The predicted octanol–water partition coefficient (Wildman–Crippen LogP) is 3.87. The summed E-state index contributed by atoms with van der Waals surface area (Å²) < 4.78 is 19.2. The molecular weight excluding hydrogens is 415 g/mol. The Bertz CT molecular complexity index is 951. The van der Waals surface area contributed by atoms with Gasteiger partial charge in [-0.1, -0.05) is 28.9 Å². The molecule has 1 fully saturated rings. The van der Waals surface area contributed by atoms with E-state index >= 15 is 0 Å². The zero-order valence-electron chi connectivity index (χ0n) is 15.7. The molecule has 4 rings (SSSR count). The topological polar surface area (TPSA) is 62.5 Å². The number of thiophene rings is 1. The molecule has 152 valence electrons. The molecule has 6 nitrogen and oxygen atoms in total. The first kappa shape index (κ1) is 20.0. The number of rotatable bonds is 6. The molecule has 1 aliphatic heterocycles. The minimum Gasteiger partial charge on any atom is -0.340 e. The number of carbonyl (C=O) groups is 1. The van der Waals surface area contributed by atoms with Gasteiger partial charge < -0.3 is 9.42 Å². The van der Waals surface area contributed by atoms with Crippen molar-refractivity contribution < 1.29 is 13.7 Å². The highest BCUT2D eigenvalue weighted by Gasteiger charge is 2.23. The Morgan fingerprint density at radius 1 is 1.21 bits per heavy atom. The van der Waals surface area contributed by atoms with E-state index in [2.05, 4.69) is 15.0 Å². The van der Waals surface area contributed by atoms with Crippen molar-refractivity contribution >= 4 is 28.8 Å². The van der Waals surface area contributed by atoms with Gasteiger partial charge >= 0.3 is 0 Å². The van der Waals surface area contributed by atoms with Crippen molar-refractivity contribution in [3.63, 3.8) is 0 Å². The molecule has 3 heterocycles. The summed E-state index contributed by atoms with van der Waals surface area (Å²) in [6.45, 7) is 3.02. The fraction of sp³-hybridized carbons (Fsp3) is 0.350. The van der Waals surface area contributed by atoms with E-state index in [4.69, 9.17) is 16.1 Å². The Hall–Kier alpha value is -2.29. The van der Waals surface area contributed by atoms with E-state index in [9.17, 15) is 9.18 Å². The number of halogens is 2. The van der Waals surface area contributed by atoms with E-state index in [1.807, 2.05) is 22.4 Å². The first-order valence-corrected chi connectivity index (χ1v) is 10.7. The maximum atomic E-state index is 14.0. The summed E-state index contributed by atoms with van der Waals surface area (Å²) in [5, 5.41) is 6.35. The van der Waals surface area contributed by atoms with Gasteiger partial charge in [-0.3, -0.25) is 9.69 Å². The van der Waals surface area contributed by atoms with Gasteiger partial charge in [-0.2, -0.15) is 4.98 Å². The van der Waals surface area contributed by atoms with Gasteiger partial charge in [-0.25, -0.2) is 4.39 Å². The fourth-order valence-corrected chi connectivity index (χ4v) is 4.17. The summed E-state index contributed by atoms with van der Waals surface area (Å²) in [4.78, 5) is 21.8. The van der Waals surface area contributed by atoms with Crippen LogP contribution >= 0.6 is 22.9 Å². The SMILES string of the molecule is O=C(CCc1nc(-c2cccs2)no1)N1CCN(Cc2c(F)cccc2Cl)CC1. The lowest BCUT2D eigenvalue weighted by Crippen LogP contribution is -2.48. The number of hydrogen-bond acceptors (Lipinski definition) is 6. The quantitative estimate of drug-likeness (QED) is 0.589. The van der Waals surface area contributed by atoms with Gasteiger partial charge in [0.15, 0.2) is 0 Å². The number of aryl methyl sites for hydroxylation is 1. The molecule has 0 spiro atoms. The van der Waals surface area contributed by atoms with Crippen LogP contribution in [0.3, 0.4) is 0 Å². The van der Waals surface area contributed by atoms with E-state index < -0.39 is 0 Å². The maximum Gasteiger partial charge on any atom is 0.227 e. The Kier molecular flexibility index (Phi) is 6.22. The van der Waals surface area contributed by atoms with Crippen LogP contribution in [0.15, 0.2) is 40.2 Å². The lowest BCUT2D eigenvalue weighted by molar-refractivity contribution is -0.133. The summed E-state index contributed by atoms with van der Waals surface area (Å²) in [5.41, 5.74) is 0.506. The van der Waals surface area contributed by atoms with Crippen LogP contribution in [0.1, 0.15) is 17.9 Å². The minimum atomic E-state index is -0.294. The Labute approximate surface area is 176 Å². The highest BCUT2D eigenvalue weighted by Crippen LogP contribution is 2.23. The van der Waals surface area contributed by atoms with Crippen molar-refractivity contribution in [1.29, 1.82) is 0 Å². The molecule has 29 heavy (non-hydrogen) atoms. The van der Waals surface area contributed by atoms with Gasteiger partial charge in [0.1, 0.15) is 5.82 Å². The molecule has 1 amide bonds. The number of aromatic nitrogens is 2. The van der Waals surface area contributed by atoms with Crippen LogP contribution in [0.2, 0.25) is 5.02 Å². The van der Waals surface area contributed by atoms with Gasteiger partial charge in [0, 0.05) is 56.2 Å². The molecule has 0 atom stereocenters. The Morgan fingerprint density at radius 2 is 2.03 bits per heavy atom. The molecule has 0 N–H and O–H groups in total. The summed E-state index contributed by atoms with van der Waals surface area (Å²) >= 11 is 7.65. The number of hydrogen-bond donors (Lipinski definition) is 0. The van der Waals surface area contributed by atoms with Crippen molar-refractivity contribution in [2.45, 2.75) is 19.4 Å². The molecular formula is C20H20ClFN4O2S. The fourth-order valence-electron chi connectivity index (χ4n) is 3.30. The first-order chi connectivity index (χ1) is 14.1. The van der Waals surface area contributed by atoms with Crippen molar-refractivity contribution in [1.82, 2.24) is 19.9 Å². The smallest absolute Gasteiger partial charge is 0.227 e. The molecule has 1 aliphatic rings. The summed E-state index contributed by atoms with van der Waals surface area (Å²) in [5.74, 6) is 0.791. The molecule has 9 heteroatoms. The van der Waals surface area contributed by atoms with Crippen molar-refractivity contribution in [3.8, 4) is 10.7 Å². The van der Waals surface area contributed by atoms with Gasteiger partial charge in [-0.05, 0) is 23.6 Å². The van der Waals surface area contributed by atoms with Gasteiger partial charge in [-0.15, -0.1) is 11.3 Å². The standard InChI is InChI=1S/C20H20ClFN4O2S/c21-15-3-1-4-16(22)14(15)13-25-8-10-26(11-9-25)19(27)7-6-18-23-20(24-28-18)17-5-2-12-29-17/h1-5,12H,6-11,13H2. The number of benzene rings is 1. The Balaban J connectivity index is 1.25. The van der Waals surface area contributed by atoms with Crippen LogP contribution in [-0.4, -0.2) is 52.0 Å². The van der Waals surface area contributed by atoms with Crippen molar-refractivity contribution in [2.24, 2.45) is 0 Å². The van der Waals surface area contributed by atoms with E-state index in [0.717, 1.165) is 4.88 Å². The van der Waals surface area contributed by atoms with Crippen molar-refractivity contribution in [3.05, 3.63) is 58.0 Å². The summed E-state index contributed by atoms with van der Waals surface area (Å²) in [6.07, 6.45) is 0.744. The molecule has 0 bridgehead atoms. The molecule has 1 aromatic carbocycles. The highest BCUT2D eigenvalue weighted by molar-refractivity contribution is 7.13. The minimum absolute atomic E-state index is 0.0597. The van der Waals surface area contributed by atoms with Crippen LogP contribution in [0.25, 0.3) is 10.7 Å². The van der Waals surface area contributed by atoms with Gasteiger partial charge in [0.25, 0.3) is 0 Å². The predicted molar refractivity (Wildman–Crippen MR) is 109 cm³/mol. The molecule has 0 radical (unpaired) electrons. The van der Waals surface area contributed by atoms with Crippen LogP contribution in [0.5, 0.6) is 0 Å². The van der Waals surface area contributed by atoms with E-state index in [1.54, 1.807) is 23.5 Å². The molecule has 0 saturated carbocycles. The van der Waals surface area contributed by atoms with Crippen LogP contribution in [-0.2, 0) is 17.8 Å². The number of piperazine rings is 1. The number of carbonyl (C=O) groups excluding carboxylic acids is 1. The molecule has 3 aromatic rings. The van der Waals surface area contributed by atoms with Gasteiger partial charge in [0.2, 0.25) is 17.6 Å². The highest BCUT2D eigenvalue weighted by atomic mass is 35.5. The summed E-state index contributed by atoms with van der Waals surface area (Å²) in [6, 6.07) is 8.58. The van der Waals surface area contributed by atoms with Crippen LogP contribution in [0.4, 0.5) is 4.39 Å². The van der Waals surface area contributed by atoms with Crippen molar-refractivity contribution in [2.75, 3.05) is 26.2 Å². The average Bonchev–Trinajstić information content (AvgIpc) is 3.41. The second kappa shape index (κ2) is 9.02. The third kappa shape index (κ3) is 4.83. The van der Waals surface area contributed by atoms with E-state index in [0.29, 0.717) is 67.9 Å². The average molecular weight is 435 g/mol. The second-order valence-corrected chi connectivity index (χ2v) is 8.20. The number of nitrogens with zero attached hydrogens (tertiary/aromatic N) is 4. The van der Waals surface area contributed by atoms with Crippen LogP contribution in [0, 0.1) is 5.82 Å². The molecule has 0 unspecified atom stereocenters. The maximum absolute atomic E-state index is 14.0. The largest absolute Gasteiger partial charge is 0.340 e. The zero-order chi connectivity index (χ0) is 20.2. The van der Waals surface area contributed by atoms with Crippen LogP contribution < -0.4 is 0 Å². The second-order valence-electron chi connectivity index (χ2n) is 6.85. The third-order valence-electron chi connectivity index (χ3n) is 4.93. The summed E-state index contributed by atoms with van der Waals surface area (Å²) in [7, 11) is 0. The lowest BCUT2D eigenvalue weighted by Gasteiger charge is -2.35. The normalized spacial score (nSPS) is 15.0. The van der Waals surface area contributed by atoms with Gasteiger partial charge in [0.05, 0.1) is 4.88 Å². The lowest BCUT2D eigenvalue weighted by atomic mass is 10.1.